The highest BCUT2D eigenvalue weighted by Gasteiger charge is 2.20. The van der Waals surface area contributed by atoms with Crippen LogP contribution < -0.4 is 5.43 Å². The summed E-state index contributed by atoms with van der Waals surface area (Å²) in [7, 11) is 0. The first-order chi connectivity index (χ1) is 13.4. The van der Waals surface area contributed by atoms with Crippen LogP contribution in [-0.4, -0.2) is 17.1 Å². The third kappa shape index (κ3) is 3.64. The van der Waals surface area contributed by atoms with E-state index in [-0.39, 0.29) is 5.91 Å². The predicted octanol–water partition coefficient (Wildman–Crippen LogP) is 6.02. The van der Waals surface area contributed by atoms with Crippen molar-refractivity contribution in [3.8, 4) is 0 Å². The molecule has 4 nitrogen and oxygen atoms in total. The van der Waals surface area contributed by atoms with Crippen LogP contribution in [0.15, 0.2) is 35.4 Å². The summed E-state index contributed by atoms with van der Waals surface area (Å²) in [6, 6.07) is 8.89. The Morgan fingerprint density at radius 3 is 2.82 bits per heavy atom. The van der Waals surface area contributed by atoms with E-state index in [2.05, 4.69) is 22.4 Å². The maximum Gasteiger partial charge on any atom is 0.271 e. The highest BCUT2D eigenvalue weighted by atomic mass is 35.5. The van der Waals surface area contributed by atoms with Crippen molar-refractivity contribution in [3.05, 3.63) is 67.8 Å². The Kier molecular flexibility index (Phi) is 5.37. The third-order valence-corrected chi connectivity index (χ3v) is 6.28. The molecule has 0 aliphatic heterocycles. The van der Waals surface area contributed by atoms with Gasteiger partial charge in [-0.05, 0) is 61.1 Å². The van der Waals surface area contributed by atoms with E-state index in [1.165, 1.54) is 23.9 Å². The normalized spacial score (nSPS) is 16.5. The molecule has 144 valence electrons. The zero-order valence-corrected chi connectivity index (χ0v) is 17.4. The average molecular weight is 435 g/mol. The van der Waals surface area contributed by atoms with Gasteiger partial charge in [0, 0.05) is 27.7 Å². The van der Waals surface area contributed by atoms with Crippen molar-refractivity contribution in [1.82, 2.24) is 10.4 Å². The summed E-state index contributed by atoms with van der Waals surface area (Å²) in [4.78, 5) is 16.0. The van der Waals surface area contributed by atoms with Crippen molar-refractivity contribution >= 4 is 57.8 Å². The zero-order valence-electron chi connectivity index (χ0n) is 15.2. The molecule has 2 N–H and O–H groups in total. The second kappa shape index (κ2) is 7.78. The van der Waals surface area contributed by atoms with Gasteiger partial charge in [0.1, 0.15) is 0 Å². The van der Waals surface area contributed by atoms with Gasteiger partial charge in [0.2, 0.25) is 0 Å². The van der Waals surface area contributed by atoms with Crippen molar-refractivity contribution in [2.24, 2.45) is 11.0 Å². The Hall–Kier alpha value is -2.01. The maximum atomic E-state index is 12.5. The molecule has 28 heavy (non-hydrogen) atoms. The fraction of sp³-hybridized carbons (Fsp3) is 0.238. The van der Waals surface area contributed by atoms with E-state index in [0.29, 0.717) is 32.1 Å². The van der Waals surface area contributed by atoms with Gasteiger partial charge in [-0.15, -0.1) is 0 Å². The van der Waals surface area contributed by atoms with E-state index in [9.17, 15) is 4.79 Å². The van der Waals surface area contributed by atoms with Gasteiger partial charge < -0.3 is 4.98 Å². The molecule has 1 heterocycles. The van der Waals surface area contributed by atoms with Gasteiger partial charge in [-0.1, -0.05) is 41.7 Å². The number of rotatable bonds is 3. The van der Waals surface area contributed by atoms with Crippen molar-refractivity contribution in [1.29, 1.82) is 0 Å². The molecule has 1 amide bonds. The molecule has 1 unspecified atom stereocenters. The lowest BCUT2D eigenvalue weighted by atomic mass is 9.87. The number of benzene rings is 2. The summed E-state index contributed by atoms with van der Waals surface area (Å²) < 4.78 is 0. The highest BCUT2D eigenvalue weighted by molar-refractivity contribution is 6.45. The number of H-pyrrole nitrogens is 1. The van der Waals surface area contributed by atoms with E-state index in [0.717, 1.165) is 23.7 Å². The van der Waals surface area contributed by atoms with Crippen LogP contribution in [0.4, 0.5) is 0 Å². The molecule has 0 radical (unpaired) electrons. The first kappa shape index (κ1) is 19.3. The Bertz CT molecular complexity index is 1100. The Labute approximate surface area is 177 Å². The number of aromatic amines is 1. The van der Waals surface area contributed by atoms with Gasteiger partial charge in [-0.2, -0.15) is 5.10 Å². The lowest BCUT2D eigenvalue weighted by Gasteiger charge is -2.18. The number of hydrogen-bond donors (Lipinski definition) is 2. The number of carbonyl (C=O) groups excluding carboxylic acids is 1. The molecule has 7 heteroatoms. The highest BCUT2D eigenvalue weighted by Crippen LogP contribution is 2.32. The van der Waals surface area contributed by atoms with Crippen LogP contribution in [0.2, 0.25) is 15.1 Å². The first-order valence-corrected chi connectivity index (χ1v) is 10.2. The van der Waals surface area contributed by atoms with Crippen LogP contribution in [0.1, 0.15) is 40.5 Å². The molecule has 1 aromatic heterocycles. The van der Waals surface area contributed by atoms with Crippen LogP contribution in [0, 0.1) is 5.92 Å². The van der Waals surface area contributed by atoms with Crippen LogP contribution in [0.5, 0.6) is 0 Å². The minimum absolute atomic E-state index is 0.293. The van der Waals surface area contributed by atoms with E-state index >= 15 is 0 Å². The molecule has 0 bridgehead atoms. The molecule has 4 rings (SSSR count). The van der Waals surface area contributed by atoms with Gasteiger partial charge in [-0.25, -0.2) is 5.43 Å². The summed E-state index contributed by atoms with van der Waals surface area (Å²) >= 11 is 18.2. The van der Waals surface area contributed by atoms with Crippen LogP contribution in [-0.2, 0) is 12.8 Å². The van der Waals surface area contributed by atoms with Gasteiger partial charge in [0.15, 0.2) is 0 Å². The van der Waals surface area contributed by atoms with Gasteiger partial charge >= 0.3 is 0 Å². The SMILES string of the molecule is CC1CCc2[nH]c3ccc(C(=O)N/N=C\c4c(Cl)ccc(Cl)c4Cl)cc3c2C1. The largest absolute Gasteiger partial charge is 0.358 e. The summed E-state index contributed by atoms with van der Waals surface area (Å²) in [6.45, 7) is 2.26. The lowest BCUT2D eigenvalue weighted by Crippen LogP contribution is -2.17. The molecule has 1 atom stereocenters. The van der Waals surface area contributed by atoms with E-state index in [1.54, 1.807) is 18.2 Å². The smallest absolute Gasteiger partial charge is 0.271 e. The second-order valence-corrected chi connectivity index (χ2v) is 8.34. The number of aryl methyl sites for hydroxylation is 1. The minimum atomic E-state index is -0.300. The minimum Gasteiger partial charge on any atom is -0.358 e. The molecule has 0 saturated heterocycles. The Balaban J connectivity index is 1.56. The monoisotopic (exact) mass is 433 g/mol. The van der Waals surface area contributed by atoms with Crippen molar-refractivity contribution in [2.45, 2.75) is 26.2 Å². The molecular formula is C21H18Cl3N3O. The number of nitrogens with one attached hydrogen (secondary N) is 2. The molecule has 0 saturated carbocycles. The number of hydrogen-bond acceptors (Lipinski definition) is 2. The number of halogens is 3. The zero-order chi connectivity index (χ0) is 19.8. The van der Waals surface area contributed by atoms with Gasteiger partial charge in [-0.3, -0.25) is 4.79 Å². The summed E-state index contributed by atoms with van der Waals surface area (Å²) in [5, 5.41) is 6.17. The summed E-state index contributed by atoms with van der Waals surface area (Å²) in [5.41, 5.74) is 7.21. The standard InChI is InChI=1S/C21H18Cl3N3O/c1-11-2-6-18-13(8-11)14-9-12(3-7-19(14)26-18)21(28)27-25-10-15-16(22)4-5-17(23)20(15)24/h3-5,7,9-11,26H,2,6,8H2,1H3,(H,27,28)/b25-10-. The fourth-order valence-corrected chi connectivity index (χ4v) is 4.25. The maximum absolute atomic E-state index is 12.5. The van der Waals surface area contributed by atoms with E-state index in [4.69, 9.17) is 34.8 Å². The molecule has 1 aliphatic carbocycles. The van der Waals surface area contributed by atoms with Crippen molar-refractivity contribution in [2.75, 3.05) is 0 Å². The quantitative estimate of drug-likeness (QED) is 0.296. The number of carbonyl (C=O) groups is 1. The van der Waals surface area contributed by atoms with E-state index in [1.807, 2.05) is 12.1 Å². The van der Waals surface area contributed by atoms with Crippen LogP contribution in [0.25, 0.3) is 10.9 Å². The Morgan fingerprint density at radius 1 is 1.21 bits per heavy atom. The first-order valence-electron chi connectivity index (χ1n) is 9.04. The molecule has 0 spiro atoms. The van der Waals surface area contributed by atoms with Crippen LogP contribution in [0.3, 0.4) is 0 Å². The molecule has 1 aliphatic rings. The molecule has 0 fully saturated rings. The number of fused-ring (bicyclic) bond motifs is 3. The summed E-state index contributed by atoms with van der Waals surface area (Å²) in [5.74, 6) is 0.354. The van der Waals surface area contributed by atoms with Crippen molar-refractivity contribution in [3.63, 3.8) is 0 Å². The fourth-order valence-electron chi connectivity index (χ4n) is 3.61. The number of amides is 1. The molecule has 2 aromatic carbocycles. The number of aromatic nitrogens is 1. The Morgan fingerprint density at radius 2 is 2.00 bits per heavy atom. The summed E-state index contributed by atoms with van der Waals surface area (Å²) in [6.07, 6.45) is 4.67. The average Bonchev–Trinajstić information content (AvgIpc) is 3.04. The third-order valence-electron chi connectivity index (χ3n) is 5.14. The molecular weight excluding hydrogens is 417 g/mol. The second-order valence-electron chi connectivity index (χ2n) is 7.15. The van der Waals surface area contributed by atoms with Gasteiger partial charge in [0.05, 0.1) is 21.3 Å². The van der Waals surface area contributed by atoms with Crippen LogP contribution >= 0.6 is 34.8 Å². The number of nitrogens with zero attached hydrogens (tertiary/aromatic N) is 1. The van der Waals surface area contributed by atoms with Gasteiger partial charge in [0.25, 0.3) is 5.91 Å². The molecule has 3 aromatic rings. The number of hydrazone groups is 1. The van der Waals surface area contributed by atoms with Crippen molar-refractivity contribution < 1.29 is 4.79 Å². The van der Waals surface area contributed by atoms with E-state index < -0.39 is 0 Å². The predicted molar refractivity (Wildman–Crippen MR) is 116 cm³/mol. The lowest BCUT2D eigenvalue weighted by molar-refractivity contribution is 0.0955. The topological polar surface area (TPSA) is 57.2 Å².